The Morgan fingerprint density at radius 2 is 1.69 bits per heavy atom. The van der Waals surface area contributed by atoms with Crippen molar-refractivity contribution in [2.75, 3.05) is 26.2 Å². The molecule has 0 bridgehead atoms. The number of benzene rings is 3. The Bertz CT molecular complexity index is 1380. The molecule has 2 aliphatic heterocycles. The van der Waals surface area contributed by atoms with Crippen LogP contribution in [0.2, 0.25) is 0 Å². The number of rotatable bonds is 8. The Morgan fingerprint density at radius 1 is 0.933 bits per heavy atom. The van der Waals surface area contributed by atoms with Crippen molar-refractivity contribution >= 4 is 0 Å². The van der Waals surface area contributed by atoms with Gasteiger partial charge in [-0.1, -0.05) is 50.2 Å². The molecule has 2 heterocycles. The van der Waals surface area contributed by atoms with Gasteiger partial charge in [0, 0.05) is 37.3 Å². The minimum Gasteiger partial charge on any atom is -0.490 e. The Labute approximate surface area is 267 Å². The first-order chi connectivity index (χ1) is 21.7. The summed E-state index contributed by atoms with van der Waals surface area (Å²) in [5.74, 6) is -0.404. The van der Waals surface area contributed by atoms with Crippen LogP contribution in [0.5, 0.6) is 11.5 Å². The molecule has 0 radical (unpaired) electrons. The van der Waals surface area contributed by atoms with E-state index in [1.54, 1.807) is 0 Å². The van der Waals surface area contributed by atoms with Crippen LogP contribution in [0, 0.1) is 17.0 Å². The quantitative estimate of drug-likeness (QED) is 0.272. The molecule has 1 saturated heterocycles. The van der Waals surface area contributed by atoms with Crippen molar-refractivity contribution in [2.45, 2.75) is 97.1 Å². The van der Waals surface area contributed by atoms with Gasteiger partial charge >= 0.3 is 0 Å². The van der Waals surface area contributed by atoms with E-state index in [4.69, 9.17) is 9.47 Å². The third-order valence-electron chi connectivity index (χ3n) is 9.46. The predicted octanol–water partition coefficient (Wildman–Crippen LogP) is 8.96. The second kappa shape index (κ2) is 14.6. The Morgan fingerprint density at radius 3 is 2.38 bits per heavy atom. The average Bonchev–Trinajstić information content (AvgIpc) is 3.39. The first-order valence-electron chi connectivity index (χ1n) is 16.8. The number of nitrogens with zero attached hydrogens (tertiary/aromatic N) is 1. The zero-order valence-corrected chi connectivity index (χ0v) is 27.3. The number of nitrogens with one attached hydrogen (secondary N) is 1. The zero-order valence-electron chi connectivity index (χ0n) is 27.3. The third kappa shape index (κ3) is 8.23. The molecule has 1 spiro atoms. The summed E-state index contributed by atoms with van der Waals surface area (Å²) in [7, 11) is 0. The van der Waals surface area contributed by atoms with Crippen LogP contribution in [0.4, 0.5) is 13.2 Å². The lowest BCUT2D eigenvalue weighted by atomic mass is 9.80. The van der Waals surface area contributed by atoms with Crippen LogP contribution >= 0.6 is 0 Å². The first kappa shape index (κ1) is 33.3. The van der Waals surface area contributed by atoms with Crippen molar-refractivity contribution in [1.82, 2.24) is 10.2 Å². The summed E-state index contributed by atoms with van der Waals surface area (Å²) in [6, 6.07) is 17.5. The molecule has 1 N–H and O–H groups in total. The van der Waals surface area contributed by atoms with Crippen molar-refractivity contribution < 1.29 is 22.6 Å². The van der Waals surface area contributed by atoms with Gasteiger partial charge in [-0.25, -0.2) is 13.2 Å². The van der Waals surface area contributed by atoms with Gasteiger partial charge in [-0.05, 0) is 99.6 Å². The third-order valence-corrected chi connectivity index (χ3v) is 9.46. The molecule has 7 heteroatoms. The number of halogens is 3. The van der Waals surface area contributed by atoms with E-state index >= 15 is 8.78 Å². The van der Waals surface area contributed by atoms with Gasteiger partial charge in [0.2, 0.25) is 0 Å². The molecule has 4 nitrogen and oxygen atoms in total. The summed E-state index contributed by atoms with van der Waals surface area (Å²) in [6.07, 6.45) is 6.83. The molecular formula is C38H49F3N2O2. The number of hydrogen-bond acceptors (Lipinski definition) is 4. The summed E-state index contributed by atoms with van der Waals surface area (Å²) in [5, 5.41) is 3.49. The second-order valence-electron chi connectivity index (χ2n) is 13.4. The van der Waals surface area contributed by atoms with Gasteiger partial charge in [-0.15, -0.1) is 0 Å². The van der Waals surface area contributed by atoms with Gasteiger partial charge in [0.05, 0.1) is 12.1 Å². The summed E-state index contributed by atoms with van der Waals surface area (Å²) < 4.78 is 59.2. The smallest absolute Gasteiger partial charge is 0.134 e. The molecule has 244 valence electrons. The monoisotopic (exact) mass is 622 g/mol. The Balaban J connectivity index is 0.00000196. The van der Waals surface area contributed by atoms with Gasteiger partial charge in [-0.3, -0.25) is 4.90 Å². The second-order valence-corrected chi connectivity index (χ2v) is 13.4. The van der Waals surface area contributed by atoms with E-state index in [0.29, 0.717) is 30.7 Å². The molecule has 3 unspecified atom stereocenters. The molecule has 0 aromatic heterocycles. The van der Waals surface area contributed by atoms with E-state index in [-0.39, 0.29) is 24.0 Å². The highest BCUT2D eigenvalue weighted by molar-refractivity contribution is 5.46. The molecule has 1 saturated carbocycles. The lowest BCUT2D eigenvalue weighted by molar-refractivity contribution is 0.0970. The fraction of sp³-hybridized carbons (Fsp3) is 0.526. The predicted molar refractivity (Wildman–Crippen MR) is 175 cm³/mol. The number of alkyl halides is 1. The SMILES string of the molecule is CC.CC(C)(F)CN1CCc2cc(OCc3ccccc3)ccc2C1c1c(F)cc(OC2CCCC3(CCNC3)CC2)cc1F. The molecule has 0 amide bonds. The van der Waals surface area contributed by atoms with Crippen LogP contribution in [0.25, 0.3) is 0 Å². The molecule has 3 aliphatic rings. The van der Waals surface area contributed by atoms with E-state index in [9.17, 15) is 4.39 Å². The fourth-order valence-electron chi connectivity index (χ4n) is 7.34. The fourth-order valence-corrected chi connectivity index (χ4v) is 7.34. The molecular weight excluding hydrogens is 573 g/mol. The lowest BCUT2D eigenvalue weighted by Crippen LogP contribution is -2.43. The summed E-state index contributed by atoms with van der Waals surface area (Å²) in [5.41, 5.74) is 1.53. The minimum atomic E-state index is -1.53. The number of hydrogen-bond donors (Lipinski definition) is 1. The summed E-state index contributed by atoms with van der Waals surface area (Å²) in [4.78, 5) is 1.86. The van der Waals surface area contributed by atoms with E-state index in [2.05, 4.69) is 5.32 Å². The van der Waals surface area contributed by atoms with Crippen LogP contribution in [-0.2, 0) is 13.0 Å². The van der Waals surface area contributed by atoms with Crippen LogP contribution in [-0.4, -0.2) is 42.9 Å². The molecule has 2 fully saturated rings. The largest absolute Gasteiger partial charge is 0.490 e. The van der Waals surface area contributed by atoms with Crippen LogP contribution in [0.15, 0.2) is 60.7 Å². The maximum atomic E-state index is 16.0. The first-order valence-corrected chi connectivity index (χ1v) is 16.8. The average molecular weight is 623 g/mol. The normalized spacial score (nSPS) is 23.5. The van der Waals surface area contributed by atoms with Gasteiger partial charge in [0.15, 0.2) is 0 Å². The summed E-state index contributed by atoms with van der Waals surface area (Å²) >= 11 is 0. The Kier molecular flexibility index (Phi) is 10.8. The van der Waals surface area contributed by atoms with E-state index in [1.165, 1.54) is 38.8 Å². The molecule has 45 heavy (non-hydrogen) atoms. The molecule has 1 aliphatic carbocycles. The number of ether oxygens (including phenoxy) is 2. The maximum absolute atomic E-state index is 16.0. The molecule has 3 atom stereocenters. The summed E-state index contributed by atoms with van der Waals surface area (Å²) in [6.45, 7) is 10.1. The van der Waals surface area contributed by atoms with Crippen molar-refractivity contribution in [1.29, 1.82) is 0 Å². The molecule has 6 rings (SSSR count). The van der Waals surface area contributed by atoms with E-state index < -0.39 is 23.3 Å². The number of fused-ring (bicyclic) bond motifs is 1. The highest BCUT2D eigenvalue weighted by Crippen LogP contribution is 2.43. The van der Waals surface area contributed by atoms with E-state index in [0.717, 1.165) is 55.5 Å². The van der Waals surface area contributed by atoms with Gasteiger partial charge in [0.25, 0.3) is 0 Å². The highest BCUT2D eigenvalue weighted by Gasteiger charge is 2.38. The lowest BCUT2D eigenvalue weighted by Gasteiger charge is -2.40. The van der Waals surface area contributed by atoms with Gasteiger partial charge < -0.3 is 14.8 Å². The Hall–Kier alpha value is -3.03. The van der Waals surface area contributed by atoms with Crippen LogP contribution < -0.4 is 14.8 Å². The molecule has 3 aromatic carbocycles. The minimum absolute atomic E-state index is 0.0547. The van der Waals surface area contributed by atoms with Crippen molar-refractivity contribution in [3.63, 3.8) is 0 Å². The maximum Gasteiger partial charge on any atom is 0.134 e. The molecule has 3 aromatic rings. The van der Waals surface area contributed by atoms with Crippen molar-refractivity contribution in [3.05, 3.63) is 94.6 Å². The van der Waals surface area contributed by atoms with Gasteiger partial charge in [-0.2, -0.15) is 0 Å². The highest BCUT2D eigenvalue weighted by atomic mass is 19.1. The van der Waals surface area contributed by atoms with Crippen LogP contribution in [0.1, 0.15) is 94.5 Å². The standard InChI is InChI=1S/C36H43F3N2O2.C2H6/c1-35(2,39)24-41-18-13-26-19-28(42-22-25-7-4-3-5-8-25)10-11-30(26)34(41)33-31(37)20-29(21-32(33)38)43-27-9-6-14-36(15-12-27)16-17-40-23-36;1-2/h3-5,7-8,10-11,19-21,27,34,40H,6,9,12-18,22-24H2,1-2H3;1-2H3. The van der Waals surface area contributed by atoms with Crippen molar-refractivity contribution in [2.24, 2.45) is 5.41 Å². The van der Waals surface area contributed by atoms with Crippen LogP contribution in [0.3, 0.4) is 0 Å². The van der Waals surface area contributed by atoms with Crippen molar-refractivity contribution in [3.8, 4) is 11.5 Å². The zero-order chi connectivity index (χ0) is 32.0. The van der Waals surface area contributed by atoms with E-state index in [1.807, 2.05) is 67.3 Å². The van der Waals surface area contributed by atoms with Gasteiger partial charge in [0.1, 0.15) is 35.4 Å². The topological polar surface area (TPSA) is 33.7 Å².